The van der Waals surface area contributed by atoms with Gasteiger partial charge < -0.3 is 10.4 Å². The van der Waals surface area contributed by atoms with Crippen LogP contribution in [0.4, 0.5) is 5.69 Å². The van der Waals surface area contributed by atoms with Crippen LogP contribution in [0.5, 0.6) is 5.75 Å². The number of thioether (sulfide) groups is 1. The van der Waals surface area contributed by atoms with E-state index in [4.69, 9.17) is 12.2 Å². The first-order valence-corrected chi connectivity index (χ1v) is 10.5. The predicted octanol–water partition coefficient (Wildman–Crippen LogP) is 4.77. The van der Waals surface area contributed by atoms with E-state index >= 15 is 0 Å². The minimum Gasteiger partial charge on any atom is -0.507 e. The van der Waals surface area contributed by atoms with Gasteiger partial charge in [0.2, 0.25) is 5.91 Å². The standard InChI is InChI=1S/C20H17BrN2O3S2/c21-14-8-9-16(24)13(11-14)12-17-19(26)23(20(27)28-17)10-4-7-18(25)22-15-5-2-1-3-6-15/h1-3,5-6,8-9,11-12,24H,4,7,10H2,(H,22,25)/b17-12-. The van der Waals surface area contributed by atoms with E-state index in [1.54, 1.807) is 24.3 Å². The Kier molecular flexibility index (Phi) is 6.88. The summed E-state index contributed by atoms with van der Waals surface area (Å²) in [7, 11) is 0. The fourth-order valence-corrected chi connectivity index (χ4v) is 4.30. The van der Waals surface area contributed by atoms with Crippen molar-refractivity contribution in [2.75, 3.05) is 11.9 Å². The van der Waals surface area contributed by atoms with Crippen molar-refractivity contribution in [2.24, 2.45) is 0 Å². The van der Waals surface area contributed by atoms with Crippen molar-refractivity contribution in [3.05, 3.63) is 63.5 Å². The van der Waals surface area contributed by atoms with E-state index in [1.165, 1.54) is 16.7 Å². The molecule has 1 aliphatic rings. The highest BCUT2D eigenvalue weighted by Crippen LogP contribution is 2.34. The molecular formula is C20H17BrN2O3S2. The lowest BCUT2D eigenvalue weighted by Gasteiger charge is -2.14. The molecule has 1 fully saturated rings. The van der Waals surface area contributed by atoms with Crippen LogP contribution in [0.3, 0.4) is 0 Å². The second-order valence-electron chi connectivity index (χ2n) is 6.05. The second-order valence-corrected chi connectivity index (χ2v) is 8.65. The molecule has 2 aromatic rings. The number of anilines is 1. The van der Waals surface area contributed by atoms with Crippen LogP contribution in [0, 0.1) is 0 Å². The molecule has 1 saturated heterocycles. The van der Waals surface area contributed by atoms with E-state index in [9.17, 15) is 14.7 Å². The van der Waals surface area contributed by atoms with E-state index in [-0.39, 0.29) is 24.0 Å². The number of halogens is 1. The Bertz CT molecular complexity index is 948. The average Bonchev–Trinajstić information content (AvgIpc) is 2.93. The van der Waals surface area contributed by atoms with Crippen LogP contribution in [-0.2, 0) is 9.59 Å². The number of phenolic OH excluding ortho intramolecular Hbond substituents is 1. The zero-order valence-electron chi connectivity index (χ0n) is 14.7. The van der Waals surface area contributed by atoms with E-state index in [2.05, 4.69) is 21.2 Å². The smallest absolute Gasteiger partial charge is 0.266 e. The highest BCUT2D eigenvalue weighted by atomic mass is 79.9. The van der Waals surface area contributed by atoms with Gasteiger partial charge in [-0.2, -0.15) is 0 Å². The van der Waals surface area contributed by atoms with Gasteiger partial charge in [0.05, 0.1) is 4.91 Å². The number of nitrogens with zero attached hydrogens (tertiary/aromatic N) is 1. The summed E-state index contributed by atoms with van der Waals surface area (Å²) in [5.74, 6) is -0.227. The molecule has 0 aromatic heterocycles. The average molecular weight is 477 g/mol. The maximum Gasteiger partial charge on any atom is 0.266 e. The quantitative estimate of drug-likeness (QED) is 0.463. The Morgan fingerprint density at radius 3 is 2.75 bits per heavy atom. The number of para-hydroxylation sites is 1. The fraction of sp³-hybridized carbons (Fsp3) is 0.150. The van der Waals surface area contributed by atoms with Gasteiger partial charge in [-0.3, -0.25) is 14.5 Å². The van der Waals surface area contributed by atoms with Crippen LogP contribution in [-0.4, -0.2) is 32.7 Å². The maximum absolute atomic E-state index is 12.6. The van der Waals surface area contributed by atoms with Crippen molar-refractivity contribution in [1.29, 1.82) is 0 Å². The van der Waals surface area contributed by atoms with E-state index in [0.29, 0.717) is 27.8 Å². The Hall–Kier alpha value is -2.16. The number of phenols is 1. The van der Waals surface area contributed by atoms with Gasteiger partial charge in [0.15, 0.2) is 0 Å². The number of hydrogen-bond acceptors (Lipinski definition) is 5. The molecule has 2 aromatic carbocycles. The molecule has 0 saturated carbocycles. The molecule has 0 atom stereocenters. The van der Waals surface area contributed by atoms with Crippen LogP contribution in [0.1, 0.15) is 18.4 Å². The number of thiocarbonyl (C=S) groups is 1. The minimum absolute atomic E-state index is 0.0889. The second kappa shape index (κ2) is 9.36. The fourth-order valence-electron chi connectivity index (χ4n) is 2.62. The lowest BCUT2D eigenvalue weighted by Crippen LogP contribution is -2.29. The largest absolute Gasteiger partial charge is 0.507 e. The summed E-state index contributed by atoms with van der Waals surface area (Å²) in [6, 6.07) is 14.2. The normalized spacial score (nSPS) is 15.3. The van der Waals surface area contributed by atoms with Crippen LogP contribution in [0.2, 0.25) is 0 Å². The lowest BCUT2D eigenvalue weighted by molar-refractivity contribution is -0.122. The summed E-state index contributed by atoms with van der Waals surface area (Å²) in [5.41, 5.74) is 1.28. The van der Waals surface area contributed by atoms with Crippen molar-refractivity contribution in [3.63, 3.8) is 0 Å². The molecule has 0 aliphatic carbocycles. The molecule has 144 valence electrons. The number of hydrogen-bond donors (Lipinski definition) is 2. The Labute approximate surface area is 180 Å². The first-order valence-electron chi connectivity index (χ1n) is 8.53. The molecule has 2 N–H and O–H groups in total. The van der Waals surface area contributed by atoms with Gasteiger partial charge in [-0.1, -0.05) is 58.1 Å². The molecule has 8 heteroatoms. The van der Waals surface area contributed by atoms with Crippen LogP contribution < -0.4 is 5.32 Å². The van der Waals surface area contributed by atoms with Gasteiger partial charge in [-0.05, 0) is 42.8 Å². The van der Waals surface area contributed by atoms with Crippen molar-refractivity contribution in [1.82, 2.24) is 4.90 Å². The SMILES string of the molecule is O=C(CCCN1C(=O)/C(=C/c2cc(Br)ccc2O)SC1=S)Nc1ccccc1. The van der Waals surface area contributed by atoms with Crippen molar-refractivity contribution in [3.8, 4) is 5.75 Å². The highest BCUT2D eigenvalue weighted by Gasteiger charge is 2.31. The van der Waals surface area contributed by atoms with E-state index < -0.39 is 0 Å². The molecule has 0 spiro atoms. The number of rotatable bonds is 6. The Morgan fingerprint density at radius 1 is 1.25 bits per heavy atom. The third-order valence-electron chi connectivity index (χ3n) is 3.99. The number of carbonyl (C=O) groups is 2. The van der Waals surface area contributed by atoms with Crippen molar-refractivity contribution >= 4 is 67.8 Å². The molecule has 5 nitrogen and oxygen atoms in total. The van der Waals surface area contributed by atoms with Crippen LogP contribution >= 0.6 is 39.9 Å². The third kappa shape index (κ3) is 5.21. The number of nitrogens with one attached hydrogen (secondary N) is 1. The molecule has 0 bridgehead atoms. The van der Waals surface area contributed by atoms with E-state index in [1.807, 2.05) is 30.3 Å². The topological polar surface area (TPSA) is 69.6 Å². The lowest BCUT2D eigenvalue weighted by atomic mass is 10.2. The molecule has 2 amide bonds. The van der Waals surface area contributed by atoms with Gasteiger partial charge in [0, 0.05) is 28.7 Å². The first-order chi connectivity index (χ1) is 13.4. The van der Waals surface area contributed by atoms with Crippen molar-refractivity contribution in [2.45, 2.75) is 12.8 Å². The Morgan fingerprint density at radius 2 is 2.00 bits per heavy atom. The van der Waals surface area contributed by atoms with Gasteiger partial charge in [0.1, 0.15) is 10.1 Å². The number of carbonyl (C=O) groups excluding carboxylic acids is 2. The summed E-state index contributed by atoms with van der Waals surface area (Å²) in [4.78, 5) is 26.6. The van der Waals surface area contributed by atoms with Gasteiger partial charge >= 0.3 is 0 Å². The molecule has 0 unspecified atom stereocenters. The number of amides is 2. The summed E-state index contributed by atoms with van der Waals surface area (Å²) in [6.45, 7) is 0.370. The molecule has 1 heterocycles. The summed E-state index contributed by atoms with van der Waals surface area (Å²) in [5, 5.41) is 12.8. The summed E-state index contributed by atoms with van der Waals surface area (Å²) < 4.78 is 1.26. The van der Waals surface area contributed by atoms with E-state index in [0.717, 1.165) is 10.2 Å². The zero-order valence-corrected chi connectivity index (χ0v) is 17.9. The first kappa shape index (κ1) is 20.6. The maximum atomic E-state index is 12.6. The molecule has 28 heavy (non-hydrogen) atoms. The zero-order chi connectivity index (χ0) is 20.1. The summed E-state index contributed by atoms with van der Waals surface area (Å²) >= 11 is 9.85. The van der Waals surface area contributed by atoms with Gasteiger partial charge in [-0.15, -0.1) is 0 Å². The van der Waals surface area contributed by atoms with Gasteiger partial charge in [-0.25, -0.2) is 0 Å². The molecular weight excluding hydrogens is 460 g/mol. The predicted molar refractivity (Wildman–Crippen MR) is 120 cm³/mol. The monoisotopic (exact) mass is 476 g/mol. The van der Waals surface area contributed by atoms with Crippen LogP contribution in [0.15, 0.2) is 57.9 Å². The molecule has 0 radical (unpaired) electrons. The molecule has 1 aliphatic heterocycles. The van der Waals surface area contributed by atoms with Gasteiger partial charge in [0.25, 0.3) is 5.91 Å². The Balaban J connectivity index is 1.57. The molecule has 3 rings (SSSR count). The van der Waals surface area contributed by atoms with Crippen LogP contribution in [0.25, 0.3) is 6.08 Å². The minimum atomic E-state index is -0.210. The highest BCUT2D eigenvalue weighted by molar-refractivity contribution is 9.10. The third-order valence-corrected chi connectivity index (χ3v) is 5.86. The van der Waals surface area contributed by atoms with Crippen molar-refractivity contribution < 1.29 is 14.7 Å². The summed E-state index contributed by atoms with van der Waals surface area (Å²) in [6.07, 6.45) is 2.42. The number of benzene rings is 2. The number of aromatic hydroxyl groups is 1.